The topological polar surface area (TPSA) is 21.3 Å². The highest BCUT2D eigenvalue weighted by Gasteiger charge is 2.07. The summed E-state index contributed by atoms with van der Waals surface area (Å²) in [5, 5.41) is 3.06. The van der Waals surface area contributed by atoms with Gasteiger partial charge in [0.05, 0.1) is 0 Å². The second-order valence-electron chi connectivity index (χ2n) is 4.67. The van der Waals surface area contributed by atoms with Gasteiger partial charge in [0, 0.05) is 23.7 Å². The molecule has 4 heteroatoms. The van der Waals surface area contributed by atoms with E-state index in [0.717, 1.165) is 17.2 Å². The molecule has 0 aliphatic heterocycles. The Balaban J connectivity index is 2.14. The number of halogens is 2. The summed E-state index contributed by atoms with van der Waals surface area (Å²) in [6, 6.07) is 9.32. The van der Waals surface area contributed by atoms with Crippen molar-refractivity contribution in [2.75, 3.05) is 7.05 Å². The van der Waals surface area contributed by atoms with Crippen LogP contribution in [-0.4, -0.2) is 7.05 Å². The van der Waals surface area contributed by atoms with Crippen LogP contribution in [0.4, 0.5) is 8.78 Å². The van der Waals surface area contributed by atoms with Gasteiger partial charge in [-0.1, -0.05) is 17.7 Å². The summed E-state index contributed by atoms with van der Waals surface area (Å²) < 4.78 is 32.0. The van der Waals surface area contributed by atoms with Gasteiger partial charge >= 0.3 is 0 Å². The molecule has 0 radical (unpaired) electrons. The molecule has 2 aromatic carbocycles. The Morgan fingerprint density at radius 3 is 2.55 bits per heavy atom. The Morgan fingerprint density at radius 2 is 1.85 bits per heavy atom. The maximum absolute atomic E-state index is 13.5. The van der Waals surface area contributed by atoms with E-state index in [-0.39, 0.29) is 6.61 Å². The zero-order valence-electron chi connectivity index (χ0n) is 11.5. The summed E-state index contributed by atoms with van der Waals surface area (Å²) in [6.45, 7) is 2.75. The zero-order valence-corrected chi connectivity index (χ0v) is 11.5. The highest BCUT2D eigenvalue weighted by molar-refractivity contribution is 5.37. The van der Waals surface area contributed by atoms with Crippen LogP contribution in [-0.2, 0) is 13.2 Å². The SMILES string of the molecule is CNCc1cc(C)ccc1OCc1ccc(F)cc1F. The molecular formula is C16H17F2NO. The largest absolute Gasteiger partial charge is 0.488 e. The first-order valence-corrected chi connectivity index (χ1v) is 6.41. The lowest BCUT2D eigenvalue weighted by Crippen LogP contribution is -2.08. The standard InChI is InChI=1S/C16H17F2NO/c1-11-3-6-16(13(7-11)9-19-2)20-10-12-4-5-14(17)8-15(12)18/h3-8,19H,9-10H2,1-2H3. The highest BCUT2D eigenvalue weighted by atomic mass is 19.1. The van der Waals surface area contributed by atoms with E-state index in [2.05, 4.69) is 5.32 Å². The lowest BCUT2D eigenvalue weighted by Gasteiger charge is -2.12. The molecule has 0 aliphatic carbocycles. The Hall–Kier alpha value is -1.94. The lowest BCUT2D eigenvalue weighted by molar-refractivity contribution is 0.296. The highest BCUT2D eigenvalue weighted by Crippen LogP contribution is 2.22. The van der Waals surface area contributed by atoms with Crippen molar-refractivity contribution < 1.29 is 13.5 Å². The summed E-state index contributed by atoms with van der Waals surface area (Å²) in [5.74, 6) is -0.474. The molecule has 0 heterocycles. The molecule has 0 atom stereocenters. The number of rotatable bonds is 5. The van der Waals surface area contributed by atoms with Crippen molar-refractivity contribution in [1.82, 2.24) is 5.32 Å². The van der Waals surface area contributed by atoms with Gasteiger partial charge in [0.25, 0.3) is 0 Å². The minimum atomic E-state index is -0.590. The molecule has 0 fully saturated rings. The number of hydrogen-bond donors (Lipinski definition) is 1. The molecular weight excluding hydrogens is 260 g/mol. The van der Waals surface area contributed by atoms with E-state index in [9.17, 15) is 8.78 Å². The van der Waals surface area contributed by atoms with Crippen LogP contribution < -0.4 is 10.1 Å². The van der Waals surface area contributed by atoms with Crippen LogP contribution >= 0.6 is 0 Å². The van der Waals surface area contributed by atoms with Gasteiger partial charge in [-0.2, -0.15) is 0 Å². The average Bonchev–Trinajstić information content (AvgIpc) is 2.40. The summed E-state index contributed by atoms with van der Waals surface area (Å²) in [4.78, 5) is 0. The van der Waals surface area contributed by atoms with Crippen LogP contribution in [0.1, 0.15) is 16.7 Å². The van der Waals surface area contributed by atoms with Crippen molar-refractivity contribution in [1.29, 1.82) is 0 Å². The van der Waals surface area contributed by atoms with E-state index in [4.69, 9.17) is 4.74 Å². The first-order valence-electron chi connectivity index (χ1n) is 6.41. The van der Waals surface area contributed by atoms with Crippen molar-refractivity contribution in [3.63, 3.8) is 0 Å². The molecule has 2 nitrogen and oxygen atoms in total. The molecule has 20 heavy (non-hydrogen) atoms. The number of aryl methyl sites for hydroxylation is 1. The molecule has 0 saturated heterocycles. The predicted octanol–water partition coefficient (Wildman–Crippen LogP) is 3.57. The molecule has 2 rings (SSSR count). The van der Waals surface area contributed by atoms with Gasteiger partial charge in [0.2, 0.25) is 0 Å². The number of ether oxygens (including phenoxy) is 1. The van der Waals surface area contributed by atoms with E-state index in [1.165, 1.54) is 12.1 Å². The monoisotopic (exact) mass is 277 g/mol. The predicted molar refractivity (Wildman–Crippen MR) is 74.6 cm³/mol. The van der Waals surface area contributed by atoms with Gasteiger partial charge in [-0.3, -0.25) is 0 Å². The summed E-state index contributed by atoms with van der Waals surface area (Å²) >= 11 is 0. The third kappa shape index (κ3) is 3.54. The van der Waals surface area contributed by atoms with Crippen LogP contribution in [0, 0.1) is 18.6 Å². The third-order valence-corrected chi connectivity index (χ3v) is 2.98. The summed E-state index contributed by atoms with van der Waals surface area (Å²) in [6.07, 6.45) is 0. The van der Waals surface area contributed by atoms with Crippen LogP contribution in [0.2, 0.25) is 0 Å². The minimum Gasteiger partial charge on any atom is -0.488 e. The molecule has 106 valence electrons. The summed E-state index contributed by atoms with van der Waals surface area (Å²) in [7, 11) is 1.85. The van der Waals surface area contributed by atoms with Gasteiger partial charge in [-0.15, -0.1) is 0 Å². The molecule has 0 bridgehead atoms. The molecule has 0 unspecified atom stereocenters. The van der Waals surface area contributed by atoms with Gasteiger partial charge in [0.1, 0.15) is 24.0 Å². The van der Waals surface area contributed by atoms with E-state index in [1.807, 2.05) is 32.2 Å². The van der Waals surface area contributed by atoms with Crippen LogP contribution in [0.3, 0.4) is 0 Å². The van der Waals surface area contributed by atoms with Crippen molar-refractivity contribution in [3.8, 4) is 5.75 Å². The second-order valence-corrected chi connectivity index (χ2v) is 4.67. The Labute approximate surface area is 117 Å². The van der Waals surface area contributed by atoms with Crippen molar-refractivity contribution >= 4 is 0 Å². The molecule has 0 amide bonds. The first-order chi connectivity index (χ1) is 9.60. The Bertz CT molecular complexity index is 599. The van der Waals surface area contributed by atoms with E-state index in [1.54, 1.807) is 0 Å². The first kappa shape index (κ1) is 14.5. The quantitative estimate of drug-likeness (QED) is 0.902. The van der Waals surface area contributed by atoms with Gasteiger partial charge in [-0.25, -0.2) is 8.78 Å². The van der Waals surface area contributed by atoms with Gasteiger partial charge in [0.15, 0.2) is 0 Å². The number of hydrogen-bond acceptors (Lipinski definition) is 2. The van der Waals surface area contributed by atoms with E-state index >= 15 is 0 Å². The van der Waals surface area contributed by atoms with Crippen LogP contribution in [0.15, 0.2) is 36.4 Å². The fourth-order valence-electron chi connectivity index (χ4n) is 1.97. The fourth-order valence-corrected chi connectivity index (χ4v) is 1.97. The van der Waals surface area contributed by atoms with Gasteiger partial charge in [-0.05, 0) is 32.2 Å². The molecule has 0 spiro atoms. The zero-order chi connectivity index (χ0) is 14.5. The van der Waals surface area contributed by atoms with Crippen molar-refractivity contribution in [2.24, 2.45) is 0 Å². The van der Waals surface area contributed by atoms with Crippen LogP contribution in [0.5, 0.6) is 5.75 Å². The van der Waals surface area contributed by atoms with Gasteiger partial charge < -0.3 is 10.1 Å². The molecule has 2 aromatic rings. The van der Waals surface area contributed by atoms with Crippen molar-refractivity contribution in [2.45, 2.75) is 20.1 Å². The molecule has 0 aliphatic rings. The fraction of sp³-hybridized carbons (Fsp3) is 0.250. The maximum atomic E-state index is 13.5. The van der Waals surface area contributed by atoms with E-state index < -0.39 is 11.6 Å². The Kier molecular flexibility index (Phi) is 4.69. The van der Waals surface area contributed by atoms with E-state index in [0.29, 0.717) is 17.9 Å². The lowest BCUT2D eigenvalue weighted by atomic mass is 10.1. The maximum Gasteiger partial charge on any atom is 0.132 e. The molecule has 0 aromatic heterocycles. The van der Waals surface area contributed by atoms with Crippen LogP contribution in [0.25, 0.3) is 0 Å². The third-order valence-electron chi connectivity index (χ3n) is 2.98. The molecule has 1 N–H and O–H groups in total. The molecule has 0 saturated carbocycles. The number of benzene rings is 2. The minimum absolute atomic E-state index is 0.0753. The average molecular weight is 277 g/mol. The smallest absolute Gasteiger partial charge is 0.132 e. The Morgan fingerprint density at radius 1 is 1.05 bits per heavy atom. The number of nitrogens with one attached hydrogen (secondary N) is 1. The second kappa shape index (κ2) is 6.48. The van der Waals surface area contributed by atoms with Crippen molar-refractivity contribution in [3.05, 3.63) is 64.7 Å². The summed E-state index contributed by atoms with van der Waals surface area (Å²) in [5.41, 5.74) is 2.48. The normalized spacial score (nSPS) is 10.6.